The first-order valence-electron chi connectivity index (χ1n) is 10.5. The van der Waals surface area contributed by atoms with E-state index in [9.17, 15) is 4.79 Å². The fourth-order valence-electron chi connectivity index (χ4n) is 4.09. The number of benzene rings is 1. The maximum atomic E-state index is 12.5. The maximum absolute atomic E-state index is 12.5. The number of pyridine rings is 1. The number of likely N-dealkylation sites (tertiary alicyclic amines) is 1. The van der Waals surface area contributed by atoms with Gasteiger partial charge in [0, 0.05) is 30.9 Å². The number of amides is 1. The maximum Gasteiger partial charge on any atom is 0.251 e. The Balaban J connectivity index is 1.27. The van der Waals surface area contributed by atoms with Crippen molar-refractivity contribution in [2.24, 2.45) is 0 Å². The molecule has 0 spiro atoms. The van der Waals surface area contributed by atoms with Crippen molar-refractivity contribution in [2.75, 3.05) is 24.6 Å². The minimum absolute atomic E-state index is 0.105. The lowest BCUT2D eigenvalue weighted by molar-refractivity contribution is 0.0723. The van der Waals surface area contributed by atoms with Gasteiger partial charge in [-0.2, -0.15) is 11.8 Å². The summed E-state index contributed by atoms with van der Waals surface area (Å²) >= 11 is 2.08. The summed E-state index contributed by atoms with van der Waals surface area (Å²) in [6, 6.07) is 14.0. The predicted octanol–water partition coefficient (Wildman–Crippen LogP) is 3.75. The second-order valence-corrected chi connectivity index (χ2v) is 8.95. The Morgan fingerprint density at radius 1 is 1.10 bits per heavy atom. The summed E-state index contributed by atoms with van der Waals surface area (Å²) in [5.74, 6) is 3.28. The van der Waals surface area contributed by atoms with Crippen LogP contribution in [0, 0.1) is 0 Å². The minimum atomic E-state index is -0.105. The van der Waals surface area contributed by atoms with Crippen LogP contribution in [0.1, 0.15) is 41.7 Å². The number of hydrogen-bond acceptors (Lipinski definition) is 5. The molecule has 1 amide bonds. The summed E-state index contributed by atoms with van der Waals surface area (Å²) in [4.78, 5) is 19.4. The molecule has 2 saturated heterocycles. The van der Waals surface area contributed by atoms with Crippen LogP contribution in [0.2, 0.25) is 0 Å². The molecule has 154 valence electrons. The largest absolute Gasteiger partial charge is 0.490 e. The Morgan fingerprint density at radius 3 is 2.69 bits per heavy atom. The first kappa shape index (κ1) is 20.2. The zero-order valence-electron chi connectivity index (χ0n) is 16.8. The fraction of sp³-hybridized carbons (Fsp3) is 0.478. The van der Waals surface area contributed by atoms with Crippen molar-refractivity contribution in [1.82, 2.24) is 15.2 Å². The Morgan fingerprint density at radius 2 is 1.93 bits per heavy atom. The number of nitrogens with zero attached hydrogens (tertiary/aromatic N) is 2. The van der Waals surface area contributed by atoms with E-state index in [0.29, 0.717) is 12.1 Å². The molecule has 29 heavy (non-hydrogen) atoms. The van der Waals surface area contributed by atoms with E-state index in [1.807, 2.05) is 42.5 Å². The van der Waals surface area contributed by atoms with Gasteiger partial charge in [0.25, 0.3) is 5.91 Å². The molecular formula is C23H29N3O2S. The number of hydrogen-bond donors (Lipinski definition) is 1. The SMILES string of the molecule is O=C(NCc1ccccn1)c1cccc(OC2CCN(C3CCSCC3)CC2)c1. The third-order valence-electron chi connectivity index (χ3n) is 5.74. The highest BCUT2D eigenvalue weighted by Crippen LogP contribution is 2.26. The molecule has 0 saturated carbocycles. The van der Waals surface area contributed by atoms with E-state index >= 15 is 0 Å². The Hall–Kier alpha value is -2.05. The molecule has 2 aliphatic rings. The molecule has 5 nitrogen and oxygen atoms in total. The number of thioether (sulfide) groups is 1. The number of aromatic nitrogens is 1. The van der Waals surface area contributed by atoms with Crippen molar-refractivity contribution < 1.29 is 9.53 Å². The lowest BCUT2D eigenvalue weighted by atomic mass is 10.0. The van der Waals surface area contributed by atoms with Crippen LogP contribution in [0.3, 0.4) is 0 Å². The smallest absolute Gasteiger partial charge is 0.251 e. The number of carbonyl (C=O) groups excluding carboxylic acids is 1. The van der Waals surface area contributed by atoms with Crippen LogP contribution in [0.4, 0.5) is 0 Å². The number of piperidine rings is 1. The average molecular weight is 412 g/mol. The predicted molar refractivity (Wildman–Crippen MR) is 117 cm³/mol. The molecule has 1 aromatic heterocycles. The van der Waals surface area contributed by atoms with Gasteiger partial charge in [-0.25, -0.2) is 0 Å². The van der Waals surface area contributed by atoms with Crippen molar-refractivity contribution in [3.63, 3.8) is 0 Å². The molecule has 2 aromatic rings. The van der Waals surface area contributed by atoms with Gasteiger partial charge in [0.15, 0.2) is 0 Å². The zero-order valence-corrected chi connectivity index (χ0v) is 17.6. The first-order chi connectivity index (χ1) is 14.3. The molecule has 0 aliphatic carbocycles. The fourth-order valence-corrected chi connectivity index (χ4v) is 5.17. The average Bonchev–Trinajstić information content (AvgIpc) is 2.79. The van der Waals surface area contributed by atoms with Crippen LogP contribution >= 0.6 is 11.8 Å². The molecule has 6 heteroatoms. The van der Waals surface area contributed by atoms with E-state index in [2.05, 4.69) is 27.0 Å². The van der Waals surface area contributed by atoms with E-state index in [1.54, 1.807) is 6.20 Å². The van der Waals surface area contributed by atoms with Gasteiger partial charge in [-0.15, -0.1) is 0 Å². The molecule has 0 radical (unpaired) electrons. The summed E-state index contributed by atoms with van der Waals surface area (Å²) in [5, 5.41) is 2.92. The van der Waals surface area contributed by atoms with Crippen LogP contribution in [0.5, 0.6) is 5.75 Å². The summed E-state index contributed by atoms with van der Waals surface area (Å²) < 4.78 is 6.22. The number of nitrogens with one attached hydrogen (secondary N) is 1. The first-order valence-corrected chi connectivity index (χ1v) is 11.7. The topological polar surface area (TPSA) is 54.5 Å². The molecule has 0 atom stereocenters. The standard InChI is InChI=1S/C23H29N3O2S/c27-23(25-17-19-5-1-2-11-24-19)18-4-3-6-22(16-18)28-21-7-12-26(13-8-21)20-9-14-29-15-10-20/h1-6,11,16,20-21H,7-10,12-15,17H2,(H,25,27). The van der Waals surface area contributed by atoms with Crippen molar-refractivity contribution in [3.05, 3.63) is 59.9 Å². The third kappa shape index (κ3) is 5.73. The van der Waals surface area contributed by atoms with Gasteiger partial charge in [0.1, 0.15) is 11.9 Å². The van der Waals surface area contributed by atoms with Crippen LogP contribution in [0.25, 0.3) is 0 Å². The monoisotopic (exact) mass is 411 g/mol. The highest BCUT2D eigenvalue weighted by atomic mass is 32.2. The zero-order chi connectivity index (χ0) is 19.9. The molecule has 0 unspecified atom stereocenters. The van der Waals surface area contributed by atoms with Crippen molar-refractivity contribution in [3.8, 4) is 5.75 Å². The van der Waals surface area contributed by atoms with Gasteiger partial charge >= 0.3 is 0 Å². The molecule has 2 aliphatic heterocycles. The Bertz CT molecular complexity index is 788. The summed E-state index contributed by atoms with van der Waals surface area (Å²) in [6.07, 6.45) is 6.72. The summed E-state index contributed by atoms with van der Waals surface area (Å²) in [6.45, 7) is 2.65. The summed E-state index contributed by atoms with van der Waals surface area (Å²) in [7, 11) is 0. The highest BCUT2D eigenvalue weighted by Gasteiger charge is 2.27. The van der Waals surface area contributed by atoms with E-state index in [0.717, 1.165) is 43.4 Å². The lowest BCUT2D eigenvalue weighted by Gasteiger charge is -2.39. The highest BCUT2D eigenvalue weighted by molar-refractivity contribution is 7.99. The molecule has 4 rings (SSSR count). The van der Waals surface area contributed by atoms with Crippen molar-refractivity contribution in [2.45, 2.75) is 44.4 Å². The molecule has 3 heterocycles. The van der Waals surface area contributed by atoms with Crippen LogP contribution in [0.15, 0.2) is 48.7 Å². The van der Waals surface area contributed by atoms with Crippen LogP contribution < -0.4 is 10.1 Å². The Labute approximate surface area is 177 Å². The van der Waals surface area contributed by atoms with E-state index in [4.69, 9.17) is 4.74 Å². The molecule has 2 fully saturated rings. The van der Waals surface area contributed by atoms with E-state index in [1.165, 1.54) is 24.3 Å². The van der Waals surface area contributed by atoms with Crippen LogP contribution in [-0.2, 0) is 6.54 Å². The van der Waals surface area contributed by atoms with Crippen molar-refractivity contribution in [1.29, 1.82) is 0 Å². The summed E-state index contributed by atoms with van der Waals surface area (Å²) in [5.41, 5.74) is 1.46. The third-order valence-corrected chi connectivity index (χ3v) is 6.79. The second-order valence-electron chi connectivity index (χ2n) is 7.73. The van der Waals surface area contributed by atoms with Gasteiger partial charge in [0.2, 0.25) is 0 Å². The number of ether oxygens (including phenoxy) is 1. The Kier molecular flexibility index (Phi) is 7.06. The lowest BCUT2D eigenvalue weighted by Crippen LogP contribution is -2.45. The molecular weight excluding hydrogens is 382 g/mol. The normalized spacial score (nSPS) is 19.0. The number of carbonyl (C=O) groups is 1. The molecule has 0 bridgehead atoms. The minimum Gasteiger partial charge on any atom is -0.490 e. The van der Waals surface area contributed by atoms with E-state index < -0.39 is 0 Å². The quantitative estimate of drug-likeness (QED) is 0.785. The van der Waals surface area contributed by atoms with Crippen molar-refractivity contribution >= 4 is 17.7 Å². The van der Waals surface area contributed by atoms with E-state index in [-0.39, 0.29) is 12.0 Å². The second kappa shape index (κ2) is 10.1. The number of rotatable bonds is 6. The van der Waals surface area contributed by atoms with Gasteiger partial charge < -0.3 is 15.0 Å². The van der Waals surface area contributed by atoms with Gasteiger partial charge in [-0.3, -0.25) is 9.78 Å². The van der Waals surface area contributed by atoms with Crippen LogP contribution in [-0.4, -0.2) is 52.5 Å². The molecule has 1 aromatic carbocycles. The molecule has 1 N–H and O–H groups in total. The van der Waals surface area contributed by atoms with Gasteiger partial charge in [-0.05, 0) is 67.5 Å². The van der Waals surface area contributed by atoms with Gasteiger partial charge in [0.05, 0.1) is 12.2 Å². The van der Waals surface area contributed by atoms with Gasteiger partial charge in [-0.1, -0.05) is 12.1 Å².